The van der Waals surface area contributed by atoms with Gasteiger partial charge in [0.25, 0.3) is 0 Å². The molecule has 0 unspecified atom stereocenters. The lowest BCUT2D eigenvalue weighted by Crippen LogP contribution is -2.39. The van der Waals surface area contributed by atoms with Crippen molar-refractivity contribution in [3.63, 3.8) is 0 Å². The summed E-state index contributed by atoms with van der Waals surface area (Å²) in [5.74, 6) is 1.62. The molecule has 0 aromatic heterocycles. The van der Waals surface area contributed by atoms with Crippen LogP contribution >= 0.6 is 0 Å². The SMILES string of the molecule is CC(C)(C)c1ccc(B2Oc3ccccc3O2)cc1. The van der Waals surface area contributed by atoms with Crippen molar-refractivity contribution in [3.8, 4) is 11.5 Å². The van der Waals surface area contributed by atoms with E-state index in [4.69, 9.17) is 9.31 Å². The summed E-state index contributed by atoms with van der Waals surface area (Å²) >= 11 is 0. The molecule has 96 valence electrons. The minimum absolute atomic E-state index is 0.166. The van der Waals surface area contributed by atoms with Crippen molar-refractivity contribution in [2.45, 2.75) is 26.2 Å². The van der Waals surface area contributed by atoms with Gasteiger partial charge in [0.15, 0.2) is 0 Å². The van der Waals surface area contributed by atoms with E-state index in [1.54, 1.807) is 0 Å². The van der Waals surface area contributed by atoms with Gasteiger partial charge in [-0.05, 0) is 23.1 Å². The second kappa shape index (κ2) is 4.34. The van der Waals surface area contributed by atoms with Crippen LogP contribution in [0.4, 0.5) is 0 Å². The number of benzene rings is 2. The van der Waals surface area contributed by atoms with Crippen molar-refractivity contribution in [2.24, 2.45) is 0 Å². The molecule has 0 aliphatic carbocycles. The van der Waals surface area contributed by atoms with Crippen LogP contribution in [-0.4, -0.2) is 7.12 Å². The fourth-order valence-electron chi connectivity index (χ4n) is 2.18. The van der Waals surface area contributed by atoms with Gasteiger partial charge in [-0.1, -0.05) is 57.2 Å². The maximum atomic E-state index is 5.80. The van der Waals surface area contributed by atoms with Crippen LogP contribution < -0.4 is 14.8 Å². The second-order valence-electron chi connectivity index (χ2n) is 5.89. The van der Waals surface area contributed by atoms with E-state index < -0.39 is 0 Å². The Morgan fingerprint density at radius 1 is 0.789 bits per heavy atom. The third-order valence-electron chi connectivity index (χ3n) is 3.37. The first-order valence-corrected chi connectivity index (χ1v) is 6.57. The van der Waals surface area contributed by atoms with E-state index in [1.165, 1.54) is 5.56 Å². The molecule has 1 heterocycles. The minimum Gasteiger partial charge on any atom is -0.519 e. The van der Waals surface area contributed by atoms with E-state index in [2.05, 4.69) is 45.0 Å². The van der Waals surface area contributed by atoms with Crippen molar-refractivity contribution < 1.29 is 9.31 Å². The summed E-state index contributed by atoms with van der Waals surface area (Å²) in [6, 6.07) is 16.2. The lowest BCUT2D eigenvalue weighted by atomic mass is 9.77. The average molecular weight is 252 g/mol. The number of hydrogen-bond donors (Lipinski definition) is 0. The van der Waals surface area contributed by atoms with E-state index in [0.717, 1.165) is 17.0 Å². The minimum atomic E-state index is -0.327. The molecular weight excluding hydrogens is 235 g/mol. The van der Waals surface area contributed by atoms with Crippen LogP contribution in [0.2, 0.25) is 0 Å². The lowest BCUT2D eigenvalue weighted by molar-refractivity contribution is 0.518. The zero-order chi connectivity index (χ0) is 13.5. The van der Waals surface area contributed by atoms with Crippen LogP contribution in [0.5, 0.6) is 11.5 Å². The summed E-state index contributed by atoms with van der Waals surface area (Å²) in [5.41, 5.74) is 2.52. The van der Waals surface area contributed by atoms with Gasteiger partial charge in [0.1, 0.15) is 11.5 Å². The van der Waals surface area contributed by atoms with Gasteiger partial charge in [0.2, 0.25) is 0 Å². The normalized spacial score (nSPS) is 13.7. The Kier molecular flexibility index (Phi) is 2.77. The average Bonchev–Trinajstić information content (AvgIpc) is 2.81. The van der Waals surface area contributed by atoms with Gasteiger partial charge in [-0.2, -0.15) is 0 Å². The number of fused-ring (bicyclic) bond motifs is 1. The monoisotopic (exact) mass is 252 g/mol. The van der Waals surface area contributed by atoms with Gasteiger partial charge in [-0.15, -0.1) is 0 Å². The lowest BCUT2D eigenvalue weighted by Gasteiger charge is -2.19. The molecule has 0 saturated heterocycles. The van der Waals surface area contributed by atoms with Gasteiger partial charge in [0, 0.05) is 5.46 Å². The Balaban J connectivity index is 1.82. The molecule has 0 bridgehead atoms. The molecule has 3 heteroatoms. The summed E-state index contributed by atoms with van der Waals surface area (Å²) < 4.78 is 11.6. The number of rotatable bonds is 1. The molecule has 0 fully saturated rings. The maximum Gasteiger partial charge on any atom is 0.632 e. The van der Waals surface area contributed by atoms with Crippen molar-refractivity contribution >= 4 is 12.6 Å². The van der Waals surface area contributed by atoms with Crippen LogP contribution in [-0.2, 0) is 5.41 Å². The highest BCUT2D eigenvalue weighted by atomic mass is 16.6. The van der Waals surface area contributed by atoms with Gasteiger partial charge < -0.3 is 9.31 Å². The Bertz CT molecular complexity index is 559. The summed E-state index contributed by atoms with van der Waals surface area (Å²) in [6.07, 6.45) is 0. The highest BCUT2D eigenvalue weighted by Gasteiger charge is 2.33. The largest absolute Gasteiger partial charge is 0.632 e. The van der Waals surface area contributed by atoms with Gasteiger partial charge in [0.05, 0.1) is 0 Å². The molecule has 2 nitrogen and oxygen atoms in total. The fourth-order valence-corrected chi connectivity index (χ4v) is 2.18. The standard InChI is InChI=1S/C16H17BO2/c1-16(2,3)12-8-10-13(11-9-12)17-18-14-6-4-5-7-15(14)19-17/h4-11H,1-3H3. The van der Waals surface area contributed by atoms with E-state index in [-0.39, 0.29) is 12.5 Å². The van der Waals surface area contributed by atoms with Crippen LogP contribution in [0, 0.1) is 0 Å². The van der Waals surface area contributed by atoms with Gasteiger partial charge >= 0.3 is 7.12 Å². The van der Waals surface area contributed by atoms with Crippen LogP contribution in [0.25, 0.3) is 0 Å². The quantitative estimate of drug-likeness (QED) is 0.726. The third-order valence-corrected chi connectivity index (χ3v) is 3.37. The van der Waals surface area contributed by atoms with Crippen LogP contribution in [0.15, 0.2) is 48.5 Å². The summed E-state index contributed by atoms with van der Waals surface area (Å²) in [6.45, 7) is 6.63. The highest BCUT2D eigenvalue weighted by molar-refractivity contribution is 6.63. The van der Waals surface area contributed by atoms with Crippen molar-refractivity contribution in [1.82, 2.24) is 0 Å². The third kappa shape index (κ3) is 2.33. The van der Waals surface area contributed by atoms with E-state index in [0.29, 0.717) is 0 Å². The summed E-state index contributed by atoms with van der Waals surface area (Å²) in [4.78, 5) is 0. The fraction of sp³-hybridized carbons (Fsp3) is 0.250. The first kappa shape index (κ1) is 12.2. The molecule has 19 heavy (non-hydrogen) atoms. The Morgan fingerprint density at radius 3 is 1.79 bits per heavy atom. The predicted molar refractivity (Wildman–Crippen MR) is 78.2 cm³/mol. The van der Waals surface area contributed by atoms with Gasteiger partial charge in [-0.3, -0.25) is 0 Å². The first-order valence-electron chi connectivity index (χ1n) is 6.57. The molecule has 2 aromatic carbocycles. The van der Waals surface area contributed by atoms with Crippen molar-refractivity contribution in [1.29, 1.82) is 0 Å². The molecule has 1 aliphatic heterocycles. The predicted octanol–water partition coefficient (Wildman–Crippen LogP) is 3.15. The molecule has 0 spiro atoms. The summed E-state index contributed by atoms with van der Waals surface area (Å²) in [7, 11) is -0.327. The number of para-hydroxylation sites is 2. The number of hydrogen-bond acceptors (Lipinski definition) is 2. The Labute approximate surface area is 114 Å². The molecule has 0 N–H and O–H groups in total. The summed E-state index contributed by atoms with van der Waals surface area (Å²) in [5, 5.41) is 0. The molecular formula is C16H17BO2. The second-order valence-corrected chi connectivity index (χ2v) is 5.89. The van der Waals surface area contributed by atoms with Gasteiger partial charge in [-0.25, -0.2) is 0 Å². The Hall–Kier alpha value is -1.90. The maximum absolute atomic E-state index is 5.80. The molecule has 3 rings (SSSR count). The molecule has 0 radical (unpaired) electrons. The zero-order valence-electron chi connectivity index (χ0n) is 11.5. The van der Waals surface area contributed by atoms with Crippen LogP contribution in [0.1, 0.15) is 26.3 Å². The molecule has 1 aliphatic rings. The molecule has 0 atom stereocenters. The van der Waals surface area contributed by atoms with E-state index >= 15 is 0 Å². The van der Waals surface area contributed by atoms with Crippen LogP contribution in [0.3, 0.4) is 0 Å². The Morgan fingerprint density at radius 2 is 1.32 bits per heavy atom. The van der Waals surface area contributed by atoms with E-state index in [9.17, 15) is 0 Å². The topological polar surface area (TPSA) is 18.5 Å². The highest BCUT2D eigenvalue weighted by Crippen LogP contribution is 2.32. The molecule has 0 saturated carbocycles. The molecule has 0 amide bonds. The van der Waals surface area contributed by atoms with E-state index in [1.807, 2.05) is 24.3 Å². The van der Waals surface area contributed by atoms with Crippen molar-refractivity contribution in [3.05, 3.63) is 54.1 Å². The first-order chi connectivity index (χ1) is 9.04. The molecule has 2 aromatic rings. The smallest absolute Gasteiger partial charge is 0.519 e. The van der Waals surface area contributed by atoms with Crippen molar-refractivity contribution in [2.75, 3.05) is 0 Å². The zero-order valence-corrected chi connectivity index (χ0v) is 11.5.